The quantitative estimate of drug-likeness (QED) is 0.735. The van der Waals surface area contributed by atoms with Gasteiger partial charge in [0.15, 0.2) is 11.5 Å². The number of nitrogens with zero attached hydrogens (tertiary/aromatic N) is 2. The van der Waals surface area contributed by atoms with Crippen molar-refractivity contribution in [3.05, 3.63) is 17.8 Å². The number of piperidine rings is 1. The van der Waals surface area contributed by atoms with E-state index in [1.165, 1.54) is 6.07 Å². The fraction of sp³-hybridized carbons (Fsp3) is 0.462. The van der Waals surface area contributed by atoms with Crippen molar-refractivity contribution in [3.63, 3.8) is 0 Å². The monoisotopic (exact) mass is 278 g/mol. The first kappa shape index (κ1) is 14.1. The number of carboxylic acid groups (broad SMARTS) is 1. The van der Waals surface area contributed by atoms with E-state index in [2.05, 4.69) is 10.3 Å². The predicted octanol–water partition coefficient (Wildman–Crippen LogP) is 0.324. The Kier molecular flexibility index (Phi) is 4.07. The highest BCUT2D eigenvalue weighted by Gasteiger charge is 2.26. The van der Waals surface area contributed by atoms with Crippen LogP contribution in [0.5, 0.6) is 0 Å². The number of carbonyl (C=O) groups is 2. The molecular weight excluding hydrogens is 260 g/mol. The molecule has 1 aliphatic rings. The number of rotatable bonds is 3. The summed E-state index contributed by atoms with van der Waals surface area (Å²) in [6, 6.07) is 2.94. The Hall–Kier alpha value is -2.31. The van der Waals surface area contributed by atoms with Crippen LogP contribution in [0, 0.1) is 5.92 Å². The van der Waals surface area contributed by atoms with Crippen LogP contribution in [0.1, 0.15) is 23.3 Å². The van der Waals surface area contributed by atoms with Crippen molar-refractivity contribution < 1.29 is 14.7 Å². The molecule has 1 aliphatic heterocycles. The smallest absolute Gasteiger partial charge is 0.354 e. The van der Waals surface area contributed by atoms with Crippen LogP contribution in [0.15, 0.2) is 12.1 Å². The van der Waals surface area contributed by atoms with Gasteiger partial charge in [0, 0.05) is 26.1 Å². The summed E-state index contributed by atoms with van der Waals surface area (Å²) in [4.78, 5) is 28.5. The number of anilines is 2. The van der Waals surface area contributed by atoms with Gasteiger partial charge in [-0.05, 0) is 25.0 Å². The van der Waals surface area contributed by atoms with Crippen LogP contribution >= 0.6 is 0 Å². The lowest BCUT2D eigenvalue weighted by Crippen LogP contribution is -2.40. The summed E-state index contributed by atoms with van der Waals surface area (Å²) in [5.41, 5.74) is 6.29. The van der Waals surface area contributed by atoms with Crippen LogP contribution in [-0.4, -0.2) is 42.1 Å². The SMILES string of the molecule is CNC(=O)C1CCN(c2nc(C(=O)O)ccc2N)CC1. The standard InChI is InChI=1S/C13H18N4O3/c1-15-12(18)8-4-6-17(7-5-8)11-9(14)2-3-10(16-11)13(19)20/h2-3,8H,4-7,14H2,1H3,(H,15,18)(H,19,20). The maximum atomic E-state index is 11.6. The summed E-state index contributed by atoms with van der Waals surface area (Å²) in [5, 5.41) is 11.6. The average Bonchev–Trinajstić information content (AvgIpc) is 2.47. The first-order chi connectivity index (χ1) is 9.52. The maximum Gasteiger partial charge on any atom is 0.354 e. The molecule has 0 bridgehead atoms. The summed E-state index contributed by atoms with van der Waals surface area (Å²) in [7, 11) is 1.63. The van der Waals surface area contributed by atoms with Crippen LogP contribution < -0.4 is 16.0 Å². The molecule has 20 heavy (non-hydrogen) atoms. The Balaban J connectivity index is 2.12. The Morgan fingerprint density at radius 1 is 1.40 bits per heavy atom. The summed E-state index contributed by atoms with van der Waals surface area (Å²) in [5.74, 6) is -0.545. The van der Waals surface area contributed by atoms with Gasteiger partial charge in [-0.3, -0.25) is 4.79 Å². The van der Waals surface area contributed by atoms with E-state index in [4.69, 9.17) is 10.8 Å². The molecule has 0 radical (unpaired) electrons. The van der Waals surface area contributed by atoms with E-state index in [0.717, 1.165) is 0 Å². The Morgan fingerprint density at radius 2 is 2.05 bits per heavy atom. The van der Waals surface area contributed by atoms with Crippen molar-refractivity contribution in [1.82, 2.24) is 10.3 Å². The molecule has 0 aliphatic carbocycles. The Morgan fingerprint density at radius 3 is 2.60 bits per heavy atom. The van der Waals surface area contributed by atoms with E-state index in [0.29, 0.717) is 37.4 Å². The van der Waals surface area contributed by atoms with Crippen molar-refractivity contribution in [3.8, 4) is 0 Å². The zero-order valence-corrected chi connectivity index (χ0v) is 11.3. The third kappa shape index (κ3) is 2.81. The molecule has 1 amide bonds. The summed E-state index contributed by atoms with van der Waals surface area (Å²) in [6.45, 7) is 1.27. The summed E-state index contributed by atoms with van der Waals surface area (Å²) < 4.78 is 0. The number of amides is 1. The summed E-state index contributed by atoms with van der Waals surface area (Å²) in [6.07, 6.45) is 1.41. The highest BCUT2D eigenvalue weighted by atomic mass is 16.4. The number of hydrogen-bond donors (Lipinski definition) is 3. The second kappa shape index (κ2) is 5.77. The van der Waals surface area contributed by atoms with Crippen LogP contribution in [0.3, 0.4) is 0 Å². The molecule has 1 fully saturated rings. The molecular formula is C13H18N4O3. The lowest BCUT2D eigenvalue weighted by Gasteiger charge is -2.32. The van der Waals surface area contributed by atoms with Gasteiger partial charge in [0.25, 0.3) is 0 Å². The molecule has 7 nitrogen and oxygen atoms in total. The topological polar surface area (TPSA) is 109 Å². The number of pyridine rings is 1. The normalized spacial score (nSPS) is 15.9. The first-order valence-electron chi connectivity index (χ1n) is 6.49. The molecule has 0 aromatic carbocycles. The third-order valence-electron chi connectivity index (χ3n) is 3.54. The molecule has 0 unspecified atom stereocenters. The van der Waals surface area contributed by atoms with Gasteiger partial charge in [0.1, 0.15) is 0 Å². The lowest BCUT2D eigenvalue weighted by molar-refractivity contribution is -0.125. The second-order valence-electron chi connectivity index (χ2n) is 4.79. The van der Waals surface area contributed by atoms with Crippen LogP contribution in [0.2, 0.25) is 0 Å². The molecule has 2 heterocycles. The van der Waals surface area contributed by atoms with E-state index >= 15 is 0 Å². The van der Waals surface area contributed by atoms with Crippen LogP contribution in [-0.2, 0) is 4.79 Å². The predicted molar refractivity (Wildman–Crippen MR) is 74.6 cm³/mol. The van der Waals surface area contributed by atoms with Gasteiger partial charge in [-0.2, -0.15) is 0 Å². The maximum absolute atomic E-state index is 11.6. The van der Waals surface area contributed by atoms with Crippen LogP contribution in [0.25, 0.3) is 0 Å². The number of nitrogens with two attached hydrogens (primary N) is 1. The molecule has 0 saturated carbocycles. The van der Waals surface area contributed by atoms with E-state index in [1.807, 2.05) is 4.90 Å². The van der Waals surface area contributed by atoms with Crippen molar-refractivity contribution in [2.45, 2.75) is 12.8 Å². The lowest BCUT2D eigenvalue weighted by atomic mass is 9.96. The van der Waals surface area contributed by atoms with Crippen molar-refractivity contribution in [2.24, 2.45) is 5.92 Å². The number of carboxylic acids is 1. The van der Waals surface area contributed by atoms with Crippen molar-refractivity contribution in [1.29, 1.82) is 0 Å². The van der Waals surface area contributed by atoms with E-state index in [-0.39, 0.29) is 17.5 Å². The first-order valence-corrected chi connectivity index (χ1v) is 6.49. The fourth-order valence-corrected chi connectivity index (χ4v) is 2.39. The molecule has 108 valence electrons. The zero-order chi connectivity index (χ0) is 14.7. The second-order valence-corrected chi connectivity index (χ2v) is 4.79. The van der Waals surface area contributed by atoms with E-state index in [1.54, 1.807) is 13.1 Å². The Bertz CT molecular complexity index is 524. The number of carbonyl (C=O) groups excluding carboxylic acids is 1. The van der Waals surface area contributed by atoms with Crippen molar-refractivity contribution in [2.75, 3.05) is 30.8 Å². The fourth-order valence-electron chi connectivity index (χ4n) is 2.39. The van der Waals surface area contributed by atoms with E-state index < -0.39 is 5.97 Å². The average molecular weight is 278 g/mol. The van der Waals surface area contributed by atoms with Gasteiger partial charge in [-0.15, -0.1) is 0 Å². The highest BCUT2D eigenvalue weighted by Crippen LogP contribution is 2.26. The minimum atomic E-state index is -1.08. The molecule has 2 rings (SSSR count). The van der Waals surface area contributed by atoms with Gasteiger partial charge in [0.05, 0.1) is 5.69 Å². The highest BCUT2D eigenvalue weighted by molar-refractivity contribution is 5.87. The van der Waals surface area contributed by atoms with Gasteiger partial charge < -0.3 is 21.1 Å². The number of aromatic nitrogens is 1. The van der Waals surface area contributed by atoms with Crippen molar-refractivity contribution >= 4 is 23.4 Å². The summed E-state index contributed by atoms with van der Waals surface area (Å²) >= 11 is 0. The molecule has 1 aromatic heterocycles. The van der Waals surface area contributed by atoms with Crippen LogP contribution in [0.4, 0.5) is 11.5 Å². The van der Waals surface area contributed by atoms with E-state index in [9.17, 15) is 9.59 Å². The van der Waals surface area contributed by atoms with Gasteiger partial charge in [-0.1, -0.05) is 0 Å². The van der Waals surface area contributed by atoms with Gasteiger partial charge in [0.2, 0.25) is 5.91 Å². The minimum absolute atomic E-state index is 0.000121. The molecule has 7 heteroatoms. The molecule has 1 saturated heterocycles. The molecule has 1 aromatic rings. The number of nitrogen functional groups attached to an aromatic ring is 1. The molecule has 4 N–H and O–H groups in total. The molecule has 0 spiro atoms. The number of hydrogen-bond acceptors (Lipinski definition) is 5. The zero-order valence-electron chi connectivity index (χ0n) is 11.3. The largest absolute Gasteiger partial charge is 0.477 e. The third-order valence-corrected chi connectivity index (χ3v) is 3.54. The molecule has 0 atom stereocenters. The number of aromatic carboxylic acids is 1. The minimum Gasteiger partial charge on any atom is -0.477 e. The number of nitrogens with one attached hydrogen (secondary N) is 1. The Labute approximate surface area is 116 Å². The van der Waals surface area contributed by atoms with Gasteiger partial charge in [-0.25, -0.2) is 9.78 Å². The van der Waals surface area contributed by atoms with Gasteiger partial charge >= 0.3 is 5.97 Å².